The molecule has 38 heavy (non-hydrogen) atoms. The number of nitrogens with one attached hydrogen (secondary N) is 4. The molecule has 0 bridgehead atoms. The van der Waals surface area contributed by atoms with Crippen molar-refractivity contribution in [2.75, 3.05) is 20.8 Å². The third kappa shape index (κ3) is 5.31. The summed E-state index contributed by atoms with van der Waals surface area (Å²) in [4.78, 5) is 24.5. The number of nitrogens with two attached hydrogens (primary N) is 1. The van der Waals surface area contributed by atoms with Crippen molar-refractivity contribution < 1.29 is 22.0 Å². The summed E-state index contributed by atoms with van der Waals surface area (Å²) in [5, 5.41) is 12.1. The van der Waals surface area contributed by atoms with Crippen LogP contribution in [0.1, 0.15) is 36.2 Å². The monoisotopic (exact) mass is 542 g/mol. The molecule has 2 heterocycles. The van der Waals surface area contributed by atoms with E-state index in [1.54, 1.807) is 31.2 Å². The largest absolute Gasteiger partial charge is 0.345 e. The van der Waals surface area contributed by atoms with Crippen molar-refractivity contribution in [3.05, 3.63) is 71.7 Å². The van der Waals surface area contributed by atoms with Crippen LogP contribution in [-0.4, -0.2) is 40.7 Å². The van der Waals surface area contributed by atoms with E-state index in [9.17, 15) is 17.6 Å². The number of carbonyl (C=O) groups is 1. The van der Waals surface area contributed by atoms with Crippen molar-refractivity contribution in [1.29, 1.82) is 5.41 Å². The number of hydrazine groups is 1. The minimum atomic E-state index is -3.89. The summed E-state index contributed by atoms with van der Waals surface area (Å²) in [5.74, 6) is 2.34. The van der Waals surface area contributed by atoms with Crippen molar-refractivity contribution in [1.82, 2.24) is 15.0 Å². The third-order valence-corrected chi connectivity index (χ3v) is 7.00. The molecule has 11 nitrogen and oxygen atoms in total. The van der Waals surface area contributed by atoms with E-state index in [1.165, 1.54) is 24.5 Å². The van der Waals surface area contributed by atoms with Gasteiger partial charge in [0.05, 0.1) is 33.6 Å². The van der Waals surface area contributed by atoms with Gasteiger partial charge in [-0.15, -0.1) is 0 Å². The van der Waals surface area contributed by atoms with E-state index < -0.39 is 38.7 Å². The summed E-state index contributed by atoms with van der Waals surface area (Å²) < 4.78 is 56.4. The number of anilines is 4. The van der Waals surface area contributed by atoms with Gasteiger partial charge in [0.25, 0.3) is 0 Å². The van der Waals surface area contributed by atoms with Crippen LogP contribution >= 0.6 is 0 Å². The van der Waals surface area contributed by atoms with Gasteiger partial charge in [0.2, 0.25) is 15.8 Å². The fourth-order valence-corrected chi connectivity index (χ4v) is 4.89. The van der Waals surface area contributed by atoms with Crippen LogP contribution in [-0.2, 0) is 10.0 Å². The van der Waals surface area contributed by atoms with Crippen LogP contribution in [0.25, 0.3) is 11.0 Å². The van der Waals surface area contributed by atoms with Crippen molar-refractivity contribution in [2.24, 2.45) is 5.84 Å². The maximum Gasteiger partial charge on any atom is 0.232 e. The number of amidine groups is 1. The zero-order chi connectivity index (χ0) is 27.6. The Morgan fingerprint density at radius 1 is 1.21 bits per heavy atom. The molecule has 0 aliphatic rings. The second-order valence-corrected chi connectivity index (χ2v) is 10.2. The molecule has 2 aromatic heterocycles. The number of ketones is 1. The summed E-state index contributed by atoms with van der Waals surface area (Å²) in [7, 11) is -3.89. The van der Waals surface area contributed by atoms with Crippen LogP contribution in [0, 0.1) is 17.0 Å². The number of fused-ring (bicyclic) bond motifs is 1. The Balaban J connectivity index is 1.76. The number of carbonyl (C=O) groups excluding carboxylic acids is 1. The molecule has 0 amide bonds. The number of sulfonamides is 1. The Morgan fingerprint density at radius 3 is 2.68 bits per heavy atom. The lowest BCUT2D eigenvalue weighted by Crippen LogP contribution is -2.34. The number of hydrogen-bond donors (Lipinski definition) is 5. The SMILES string of the molecule is CCCS(=O)(=O)Nc1ccc(F)c(C(=O)c2c[nH]c3ncnc(Nc4cccc(N(N)C(C)=N)c4)c23)c1F. The van der Waals surface area contributed by atoms with Crippen molar-refractivity contribution in [2.45, 2.75) is 20.3 Å². The van der Waals surface area contributed by atoms with Gasteiger partial charge < -0.3 is 10.3 Å². The second-order valence-electron chi connectivity index (χ2n) is 8.31. The fourth-order valence-electron chi connectivity index (χ4n) is 3.76. The molecule has 0 spiro atoms. The van der Waals surface area contributed by atoms with Gasteiger partial charge in [0.1, 0.15) is 29.4 Å². The van der Waals surface area contributed by atoms with Gasteiger partial charge in [-0.3, -0.25) is 19.9 Å². The Kier molecular flexibility index (Phi) is 7.37. The van der Waals surface area contributed by atoms with E-state index in [1.807, 2.05) is 0 Å². The first kappa shape index (κ1) is 26.6. The normalized spacial score (nSPS) is 11.4. The zero-order valence-electron chi connectivity index (χ0n) is 20.3. The van der Waals surface area contributed by atoms with E-state index >= 15 is 4.39 Å². The summed E-state index contributed by atoms with van der Waals surface area (Å²) in [6, 6.07) is 8.47. The maximum atomic E-state index is 15.3. The highest BCUT2D eigenvalue weighted by molar-refractivity contribution is 7.92. The topological polar surface area (TPSA) is 170 Å². The molecule has 4 rings (SSSR count). The predicted octanol–water partition coefficient (Wildman–Crippen LogP) is 4.04. The molecule has 0 aliphatic heterocycles. The van der Waals surface area contributed by atoms with E-state index in [-0.39, 0.29) is 40.4 Å². The van der Waals surface area contributed by atoms with Crippen LogP contribution in [0.4, 0.5) is 31.7 Å². The number of nitrogens with zero attached hydrogens (tertiary/aromatic N) is 3. The molecule has 0 unspecified atom stereocenters. The molecule has 0 atom stereocenters. The highest BCUT2D eigenvalue weighted by Crippen LogP contribution is 2.31. The minimum absolute atomic E-state index is 0.105. The first-order valence-electron chi connectivity index (χ1n) is 11.3. The number of aromatic nitrogens is 3. The lowest BCUT2D eigenvalue weighted by atomic mass is 10.0. The van der Waals surface area contributed by atoms with Crippen LogP contribution in [0.3, 0.4) is 0 Å². The molecule has 2 aromatic carbocycles. The van der Waals surface area contributed by atoms with Gasteiger partial charge in [-0.1, -0.05) is 13.0 Å². The number of aromatic amines is 1. The molecule has 6 N–H and O–H groups in total. The van der Waals surface area contributed by atoms with Gasteiger partial charge in [-0.05, 0) is 43.7 Å². The molecule has 14 heteroatoms. The predicted molar refractivity (Wildman–Crippen MR) is 141 cm³/mol. The van der Waals surface area contributed by atoms with Crippen molar-refractivity contribution >= 4 is 55.6 Å². The van der Waals surface area contributed by atoms with E-state index in [2.05, 4.69) is 25.0 Å². The standard InChI is InChI=1S/C24H24F2N8O3S/c1-3-9-38(36,37)33-18-8-7-17(25)20(21(18)26)22(35)16-11-29-23-19(16)24(31-12-30-23)32-14-5-4-6-15(10-14)34(28)13(2)27/h4-8,10-12,27,33H,3,9,28H2,1-2H3,(H2,29,30,31,32). The van der Waals surface area contributed by atoms with E-state index in [0.717, 1.165) is 12.1 Å². The molecule has 0 radical (unpaired) electrons. The summed E-state index contributed by atoms with van der Waals surface area (Å²) in [6.07, 6.45) is 2.76. The first-order chi connectivity index (χ1) is 18.0. The van der Waals surface area contributed by atoms with Gasteiger partial charge in [0.15, 0.2) is 5.82 Å². The summed E-state index contributed by atoms with van der Waals surface area (Å²) in [5.41, 5.74) is -0.380. The van der Waals surface area contributed by atoms with Crippen molar-refractivity contribution in [3.63, 3.8) is 0 Å². The molecule has 0 saturated carbocycles. The van der Waals surface area contributed by atoms with Gasteiger partial charge >= 0.3 is 0 Å². The summed E-state index contributed by atoms with van der Waals surface area (Å²) in [6.45, 7) is 3.16. The van der Waals surface area contributed by atoms with Gasteiger partial charge in [0, 0.05) is 11.9 Å². The quantitative estimate of drug-likeness (QED) is 0.0694. The average Bonchev–Trinajstić information content (AvgIpc) is 3.31. The molecule has 198 valence electrons. The Bertz CT molecular complexity index is 1660. The molecule has 0 saturated heterocycles. The molecular weight excluding hydrogens is 518 g/mol. The minimum Gasteiger partial charge on any atom is -0.345 e. The highest BCUT2D eigenvalue weighted by Gasteiger charge is 2.27. The summed E-state index contributed by atoms with van der Waals surface area (Å²) >= 11 is 0. The maximum absolute atomic E-state index is 15.3. The lowest BCUT2D eigenvalue weighted by Gasteiger charge is -2.18. The van der Waals surface area contributed by atoms with Crippen LogP contribution in [0.2, 0.25) is 0 Å². The molecule has 4 aromatic rings. The number of hydrogen-bond acceptors (Lipinski definition) is 8. The lowest BCUT2D eigenvalue weighted by molar-refractivity contribution is 0.103. The zero-order valence-corrected chi connectivity index (χ0v) is 21.2. The smallest absolute Gasteiger partial charge is 0.232 e. The highest BCUT2D eigenvalue weighted by atomic mass is 32.2. The second kappa shape index (κ2) is 10.5. The molecular formula is C24H24F2N8O3S. The Labute approximate surface area is 216 Å². The van der Waals surface area contributed by atoms with Gasteiger partial charge in [-0.25, -0.2) is 33.0 Å². The molecule has 0 fully saturated rings. The van der Waals surface area contributed by atoms with Crippen LogP contribution < -0.4 is 20.9 Å². The van der Waals surface area contributed by atoms with E-state index in [0.29, 0.717) is 11.4 Å². The van der Waals surface area contributed by atoms with Gasteiger partial charge in [-0.2, -0.15) is 0 Å². The number of rotatable bonds is 9. The number of H-pyrrole nitrogens is 1. The Morgan fingerprint density at radius 2 is 1.97 bits per heavy atom. The number of benzene rings is 2. The van der Waals surface area contributed by atoms with Crippen molar-refractivity contribution in [3.8, 4) is 0 Å². The average molecular weight is 543 g/mol. The van der Waals surface area contributed by atoms with Crippen LogP contribution in [0.15, 0.2) is 48.9 Å². The number of halogens is 2. The third-order valence-electron chi connectivity index (χ3n) is 5.52. The van der Waals surface area contributed by atoms with E-state index in [4.69, 9.17) is 11.3 Å². The molecule has 0 aliphatic carbocycles. The first-order valence-corrected chi connectivity index (χ1v) is 13.0. The van der Waals surface area contributed by atoms with Crippen LogP contribution in [0.5, 0.6) is 0 Å². The Hall–Kier alpha value is -4.43. The fraction of sp³-hybridized carbons (Fsp3) is 0.167.